The van der Waals surface area contributed by atoms with E-state index in [4.69, 9.17) is 10.5 Å². The fraction of sp³-hybridized carbons (Fsp3) is 0.462. The molecule has 21 heavy (non-hydrogen) atoms. The van der Waals surface area contributed by atoms with E-state index < -0.39 is 16.0 Å². The normalized spacial score (nSPS) is 15.3. The summed E-state index contributed by atoms with van der Waals surface area (Å²) in [5.74, 6) is -1.30. The van der Waals surface area contributed by atoms with Crippen molar-refractivity contribution in [3.8, 4) is 0 Å². The Labute approximate surface area is 123 Å². The van der Waals surface area contributed by atoms with Gasteiger partial charge in [-0.25, -0.2) is 13.2 Å². The molecule has 0 atom stereocenters. The lowest BCUT2D eigenvalue weighted by Gasteiger charge is -2.22. The molecule has 1 fully saturated rings. The third-order valence-electron chi connectivity index (χ3n) is 3.29. The number of aromatic carboxylic acids is 1. The van der Waals surface area contributed by atoms with Crippen molar-refractivity contribution in [1.29, 1.82) is 0 Å². The largest absolute Gasteiger partial charge is 0.478 e. The Morgan fingerprint density at radius 3 is 2.67 bits per heavy atom. The molecule has 1 saturated carbocycles. The summed E-state index contributed by atoms with van der Waals surface area (Å²) in [7, 11) is -2.43. The molecule has 0 unspecified atom stereocenters. The predicted octanol–water partition coefficient (Wildman–Crippen LogP) is 0.766. The lowest BCUT2D eigenvalue weighted by atomic mass is 10.2. The van der Waals surface area contributed by atoms with Gasteiger partial charge in [-0.05, 0) is 31.0 Å². The zero-order valence-corrected chi connectivity index (χ0v) is 12.5. The van der Waals surface area contributed by atoms with Gasteiger partial charge in [-0.1, -0.05) is 0 Å². The van der Waals surface area contributed by atoms with Crippen LogP contribution in [0.3, 0.4) is 0 Å². The van der Waals surface area contributed by atoms with Crippen molar-refractivity contribution in [2.75, 3.05) is 26.0 Å². The van der Waals surface area contributed by atoms with E-state index in [9.17, 15) is 18.3 Å². The number of hydrogen-bond acceptors (Lipinski definition) is 5. The topological polar surface area (TPSA) is 110 Å². The van der Waals surface area contributed by atoms with E-state index in [0.29, 0.717) is 0 Å². The number of ether oxygens (including phenoxy) is 1. The van der Waals surface area contributed by atoms with Crippen molar-refractivity contribution in [3.63, 3.8) is 0 Å². The summed E-state index contributed by atoms with van der Waals surface area (Å²) < 4.78 is 31.7. The molecule has 0 bridgehead atoms. The Balaban J connectivity index is 2.46. The number of nitrogen functional groups attached to an aromatic ring is 1. The van der Waals surface area contributed by atoms with Crippen LogP contribution in [-0.2, 0) is 14.8 Å². The number of nitrogens with two attached hydrogens (primary N) is 1. The number of carbonyl (C=O) groups is 1. The summed E-state index contributed by atoms with van der Waals surface area (Å²) in [6.45, 7) is 0.442. The highest BCUT2D eigenvalue weighted by atomic mass is 32.2. The number of rotatable bonds is 7. The van der Waals surface area contributed by atoms with Gasteiger partial charge in [-0.15, -0.1) is 0 Å². The number of carboxylic acid groups (broad SMARTS) is 1. The number of nitrogens with zero attached hydrogens (tertiary/aromatic N) is 1. The molecule has 0 amide bonds. The Morgan fingerprint density at radius 2 is 2.14 bits per heavy atom. The minimum absolute atomic E-state index is 0.0896. The Hall–Kier alpha value is -1.64. The number of anilines is 1. The van der Waals surface area contributed by atoms with Crippen LogP contribution in [0.15, 0.2) is 23.1 Å². The van der Waals surface area contributed by atoms with Gasteiger partial charge in [0, 0.05) is 25.4 Å². The molecule has 0 aliphatic heterocycles. The summed E-state index contributed by atoms with van der Waals surface area (Å²) in [5, 5.41) is 9.18. The van der Waals surface area contributed by atoms with Gasteiger partial charge < -0.3 is 15.6 Å². The van der Waals surface area contributed by atoms with Crippen molar-refractivity contribution in [3.05, 3.63) is 23.8 Å². The molecular weight excluding hydrogens is 296 g/mol. The minimum atomic E-state index is -3.92. The molecule has 1 aliphatic rings. The van der Waals surface area contributed by atoms with Gasteiger partial charge in [-0.3, -0.25) is 0 Å². The molecule has 0 spiro atoms. The second-order valence-electron chi connectivity index (χ2n) is 4.90. The number of methoxy groups -OCH3 is 1. The Bertz CT molecular complexity index is 640. The maximum Gasteiger partial charge on any atom is 0.337 e. The van der Waals surface area contributed by atoms with E-state index in [1.54, 1.807) is 0 Å². The SMILES string of the molecule is COCCN(C1CC1)S(=O)(=O)c1cc(N)ccc1C(=O)O. The average molecular weight is 314 g/mol. The molecule has 1 aliphatic carbocycles. The molecule has 8 heteroatoms. The minimum Gasteiger partial charge on any atom is -0.478 e. The van der Waals surface area contributed by atoms with Crippen molar-refractivity contribution in [1.82, 2.24) is 4.31 Å². The van der Waals surface area contributed by atoms with Crippen LogP contribution in [0, 0.1) is 0 Å². The van der Waals surface area contributed by atoms with Gasteiger partial charge in [-0.2, -0.15) is 4.31 Å². The van der Waals surface area contributed by atoms with E-state index in [1.807, 2.05) is 0 Å². The highest BCUT2D eigenvalue weighted by Gasteiger charge is 2.39. The summed E-state index contributed by atoms with van der Waals surface area (Å²) >= 11 is 0. The monoisotopic (exact) mass is 314 g/mol. The van der Waals surface area contributed by atoms with E-state index in [0.717, 1.165) is 12.8 Å². The average Bonchev–Trinajstić information content (AvgIpc) is 3.23. The Morgan fingerprint density at radius 1 is 1.48 bits per heavy atom. The first-order valence-electron chi connectivity index (χ1n) is 6.51. The first kappa shape index (κ1) is 15.7. The molecule has 3 N–H and O–H groups in total. The standard InChI is InChI=1S/C13H18N2O5S/c1-20-7-6-15(10-3-4-10)21(18,19)12-8-9(14)2-5-11(12)13(16)17/h2,5,8,10H,3-4,6-7,14H2,1H3,(H,16,17). The van der Waals surface area contributed by atoms with Gasteiger partial charge in [0.2, 0.25) is 10.0 Å². The zero-order valence-electron chi connectivity index (χ0n) is 11.7. The second kappa shape index (κ2) is 6.00. The maximum absolute atomic E-state index is 12.7. The van der Waals surface area contributed by atoms with Crippen molar-refractivity contribution >= 4 is 21.7 Å². The van der Waals surface area contributed by atoms with Crippen molar-refractivity contribution in [2.24, 2.45) is 0 Å². The van der Waals surface area contributed by atoms with E-state index >= 15 is 0 Å². The smallest absolute Gasteiger partial charge is 0.337 e. The fourth-order valence-electron chi connectivity index (χ4n) is 2.10. The van der Waals surface area contributed by atoms with Crippen molar-refractivity contribution in [2.45, 2.75) is 23.8 Å². The molecule has 0 radical (unpaired) electrons. The number of sulfonamides is 1. The number of carboxylic acids is 1. The van der Waals surface area contributed by atoms with Crippen LogP contribution in [0.2, 0.25) is 0 Å². The van der Waals surface area contributed by atoms with Crippen LogP contribution < -0.4 is 5.73 Å². The first-order chi connectivity index (χ1) is 9.87. The molecular formula is C13H18N2O5S. The molecule has 0 heterocycles. The van der Waals surface area contributed by atoms with E-state index in [1.165, 1.54) is 29.6 Å². The lowest BCUT2D eigenvalue weighted by Crippen LogP contribution is -2.36. The molecule has 0 aromatic heterocycles. The van der Waals surface area contributed by atoms with Crippen LogP contribution >= 0.6 is 0 Å². The Kier molecular flexibility index (Phi) is 4.50. The van der Waals surface area contributed by atoms with Crippen molar-refractivity contribution < 1.29 is 23.1 Å². The molecule has 1 aromatic carbocycles. The van der Waals surface area contributed by atoms with Gasteiger partial charge in [0.1, 0.15) is 0 Å². The lowest BCUT2D eigenvalue weighted by molar-refractivity contribution is 0.0692. The number of hydrogen-bond donors (Lipinski definition) is 2. The van der Waals surface area contributed by atoms with Crippen LogP contribution in [0.25, 0.3) is 0 Å². The third kappa shape index (κ3) is 3.34. The summed E-state index contributed by atoms with van der Waals surface area (Å²) in [6.07, 6.45) is 1.54. The maximum atomic E-state index is 12.7. The first-order valence-corrected chi connectivity index (χ1v) is 7.95. The van der Waals surface area contributed by atoms with E-state index in [-0.39, 0.29) is 35.3 Å². The summed E-state index contributed by atoms with van der Waals surface area (Å²) in [4.78, 5) is 11.0. The molecule has 116 valence electrons. The molecule has 1 aromatic rings. The summed E-state index contributed by atoms with van der Waals surface area (Å²) in [5.41, 5.74) is 5.55. The van der Waals surface area contributed by atoms with Crippen LogP contribution in [-0.4, -0.2) is 50.1 Å². The van der Waals surface area contributed by atoms with Gasteiger partial charge in [0.25, 0.3) is 0 Å². The highest BCUT2D eigenvalue weighted by Crippen LogP contribution is 2.33. The highest BCUT2D eigenvalue weighted by molar-refractivity contribution is 7.89. The summed E-state index contributed by atoms with van der Waals surface area (Å²) in [6, 6.07) is 3.69. The van der Waals surface area contributed by atoms with Gasteiger partial charge in [0.05, 0.1) is 17.1 Å². The quantitative estimate of drug-likeness (QED) is 0.719. The number of benzene rings is 1. The second-order valence-corrected chi connectivity index (χ2v) is 6.76. The molecule has 0 saturated heterocycles. The van der Waals surface area contributed by atoms with Gasteiger partial charge >= 0.3 is 5.97 Å². The zero-order chi connectivity index (χ0) is 15.6. The third-order valence-corrected chi connectivity index (χ3v) is 5.28. The predicted molar refractivity (Wildman–Crippen MR) is 76.6 cm³/mol. The van der Waals surface area contributed by atoms with Crippen LogP contribution in [0.4, 0.5) is 5.69 Å². The fourth-order valence-corrected chi connectivity index (χ4v) is 3.99. The van der Waals surface area contributed by atoms with Crippen LogP contribution in [0.1, 0.15) is 23.2 Å². The van der Waals surface area contributed by atoms with Gasteiger partial charge in [0.15, 0.2) is 0 Å². The molecule has 2 rings (SSSR count). The van der Waals surface area contributed by atoms with Crippen LogP contribution in [0.5, 0.6) is 0 Å². The van der Waals surface area contributed by atoms with E-state index in [2.05, 4.69) is 0 Å². The molecule has 7 nitrogen and oxygen atoms in total.